The average molecular weight is 320 g/mol. The number of nitrogens with one attached hydrogen (secondary N) is 1. The molecule has 0 bridgehead atoms. The van der Waals surface area contributed by atoms with Crippen LogP contribution in [0.4, 0.5) is 0 Å². The third-order valence-electron chi connectivity index (χ3n) is 2.96. The molecule has 2 aromatic rings. The van der Waals surface area contributed by atoms with E-state index in [9.17, 15) is 4.79 Å². The van der Waals surface area contributed by atoms with Crippen molar-refractivity contribution in [1.29, 1.82) is 0 Å². The van der Waals surface area contributed by atoms with Crippen molar-refractivity contribution in [3.63, 3.8) is 0 Å². The number of hydrogen-bond donors (Lipinski definition) is 1. The first-order chi connectivity index (χ1) is 10.6. The third kappa shape index (κ3) is 4.82. The predicted octanol–water partition coefficient (Wildman–Crippen LogP) is 2.80. The normalized spacial score (nSPS) is 12.0. The molecule has 22 heavy (non-hydrogen) atoms. The Kier molecular flexibility index (Phi) is 5.91. The van der Waals surface area contributed by atoms with Crippen LogP contribution < -0.4 is 10.1 Å². The van der Waals surface area contributed by atoms with Crippen molar-refractivity contribution in [2.75, 3.05) is 13.7 Å². The van der Waals surface area contributed by atoms with Crippen molar-refractivity contribution >= 4 is 17.2 Å². The lowest BCUT2D eigenvalue weighted by Gasteiger charge is -2.13. The van der Waals surface area contributed by atoms with Crippen LogP contribution in [-0.2, 0) is 11.3 Å². The van der Waals surface area contributed by atoms with E-state index in [4.69, 9.17) is 9.47 Å². The Balaban J connectivity index is 1.88. The maximum absolute atomic E-state index is 12.0. The molecule has 0 saturated carbocycles. The number of aryl methyl sites for hydroxylation is 1. The molecule has 118 valence electrons. The van der Waals surface area contributed by atoms with Gasteiger partial charge < -0.3 is 14.8 Å². The zero-order chi connectivity index (χ0) is 15.9. The smallest absolute Gasteiger partial charge is 0.251 e. The highest BCUT2D eigenvalue weighted by molar-refractivity contribution is 7.09. The van der Waals surface area contributed by atoms with Crippen LogP contribution in [0.15, 0.2) is 29.6 Å². The fourth-order valence-corrected chi connectivity index (χ4v) is 2.53. The number of amides is 1. The fourth-order valence-electron chi connectivity index (χ4n) is 1.93. The molecule has 0 aliphatic heterocycles. The predicted molar refractivity (Wildman–Crippen MR) is 86.4 cm³/mol. The molecule has 0 saturated heterocycles. The zero-order valence-electron chi connectivity index (χ0n) is 13.0. The Morgan fingerprint density at radius 1 is 1.36 bits per heavy atom. The van der Waals surface area contributed by atoms with E-state index < -0.39 is 0 Å². The van der Waals surface area contributed by atoms with Crippen LogP contribution in [-0.4, -0.2) is 30.6 Å². The largest absolute Gasteiger partial charge is 0.487 e. The summed E-state index contributed by atoms with van der Waals surface area (Å²) in [5.41, 5.74) is 1.51. The van der Waals surface area contributed by atoms with Crippen LogP contribution in [0.5, 0.6) is 5.75 Å². The second-order valence-electron chi connectivity index (χ2n) is 5.00. The lowest BCUT2D eigenvalue weighted by atomic mass is 10.2. The van der Waals surface area contributed by atoms with Gasteiger partial charge in [0, 0.05) is 24.1 Å². The highest BCUT2D eigenvalue weighted by Crippen LogP contribution is 2.15. The number of nitrogens with zero attached hydrogens (tertiary/aromatic N) is 1. The van der Waals surface area contributed by atoms with Crippen LogP contribution in [0.3, 0.4) is 0 Å². The van der Waals surface area contributed by atoms with Gasteiger partial charge in [0.2, 0.25) is 0 Å². The molecule has 0 fully saturated rings. The molecule has 1 aromatic carbocycles. The van der Waals surface area contributed by atoms with Gasteiger partial charge >= 0.3 is 0 Å². The summed E-state index contributed by atoms with van der Waals surface area (Å²) in [5.74, 6) is 0.596. The minimum absolute atomic E-state index is 0.0265. The summed E-state index contributed by atoms with van der Waals surface area (Å²) < 4.78 is 10.6. The van der Waals surface area contributed by atoms with Crippen LogP contribution in [0.25, 0.3) is 0 Å². The van der Waals surface area contributed by atoms with Gasteiger partial charge in [-0.25, -0.2) is 4.98 Å². The maximum atomic E-state index is 12.0. The molecule has 1 N–H and O–H groups in total. The van der Waals surface area contributed by atoms with Gasteiger partial charge in [-0.2, -0.15) is 0 Å². The summed E-state index contributed by atoms with van der Waals surface area (Å²) in [7, 11) is 1.61. The molecule has 0 aliphatic rings. The molecule has 2 rings (SSSR count). The molecular formula is C16H20N2O3S. The topological polar surface area (TPSA) is 60.5 Å². The number of aromatic nitrogens is 1. The molecule has 0 unspecified atom stereocenters. The van der Waals surface area contributed by atoms with E-state index in [0.29, 0.717) is 24.5 Å². The van der Waals surface area contributed by atoms with Gasteiger partial charge in [-0.1, -0.05) is 0 Å². The third-order valence-corrected chi connectivity index (χ3v) is 3.79. The standard InChI is InChI=1S/C16H20N2O3S/c1-11(8-20-3)17-16(19)13-4-6-15(7-5-13)21-9-14-10-22-12(2)18-14/h4-7,10-11H,8-9H2,1-3H3,(H,17,19)/t11-/m0/s1. The number of benzene rings is 1. The quantitative estimate of drug-likeness (QED) is 0.852. The first kappa shape index (κ1) is 16.5. The summed E-state index contributed by atoms with van der Waals surface area (Å²) in [6.45, 7) is 4.78. The van der Waals surface area contributed by atoms with Crippen LogP contribution in [0.2, 0.25) is 0 Å². The van der Waals surface area contributed by atoms with E-state index in [1.807, 2.05) is 19.2 Å². The van der Waals surface area contributed by atoms with Crippen molar-refractivity contribution in [1.82, 2.24) is 10.3 Å². The lowest BCUT2D eigenvalue weighted by Crippen LogP contribution is -2.35. The Morgan fingerprint density at radius 2 is 2.09 bits per heavy atom. The monoisotopic (exact) mass is 320 g/mol. The van der Waals surface area contributed by atoms with Crippen molar-refractivity contribution in [2.45, 2.75) is 26.5 Å². The minimum atomic E-state index is -0.119. The summed E-state index contributed by atoms with van der Waals surface area (Å²) in [6, 6.07) is 7.04. The average Bonchev–Trinajstić information content (AvgIpc) is 2.91. The molecule has 1 aromatic heterocycles. The zero-order valence-corrected chi connectivity index (χ0v) is 13.8. The first-order valence-corrected chi connectivity index (χ1v) is 7.90. The Morgan fingerprint density at radius 3 is 2.68 bits per heavy atom. The summed E-state index contributed by atoms with van der Waals surface area (Å²) >= 11 is 1.60. The van der Waals surface area contributed by atoms with E-state index >= 15 is 0 Å². The van der Waals surface area contributed by atoms with E-state index in [0.717, 1.165) is 10.7 Å². The van der Waals surface area contributed by atoms with Gasteiger partial charge in [0.05, 0.1) is 17.3 Å². The number of rotatable bonds is 7. The summed E-state index contributed by atoms with van der Waals surface area (Å²) in [5, 5.41) is 5.87. The van der Waals surface area contributed by atoms with Crippen LogP contribution >= 0.6 is 11.3 Å². The van der Waals surface area contributed by atoms with E-state index in [2.05, 4.69) is 10.3 Å². The summed E-state index contributed by atoms with van der Waals surface area (Å²) in [6.07, 6.45) is 0. The molecule has 0 spiro atoms. The molecule has 0 aliphatic carbocycles. The molecule has 1 atom stereocenters. The molecular weight excluding hydrogens is 300 g/mol. The maximum Gasteiger partial charge on any atom is 0.251 e. The number of hydrogen-bond acceptors (Lipinski definition) is 5. The van der Waals surface area contributed by atoms with Crippen LogP contribution in [0, 0.1) is 6.92 Å². The Labute approximate surface area is 134 Å². The van der Waals surface area contributed by atoms with Gasteiger partial charge in [-0.05, 0) is 38.1 Å². The second-order valence-corrected chi connectivity index (χ2v) is 6.06. The Bertz CT molecular complexity index is 610. The fraction of sp³-hybridized carbons (Fsp3) is 0.375. The number of carbonyl (C=O) groups is 1. The number of thiazole rings is 1. The minimum Gasteiger partial charge on any atom is -0.487 e. The van der Waals surface area contributed by atoms with Crippen LogP contribution in [0.1, 0.15) is 28.0 Å². The molecule has 0 radical (unpaired) electrons. The SMILES string of the molecule is COC[C@H](C)NC(=O)c1ccc(OCc2csc(C)n2)cc1. The number of carbonyl (C=O) groups excluding carboxylic acids is 1. The Hall–Kier alpha value is -1.92. The molecule has 1 amide bonds. The number of ether oxygens (including phenoxy) is 2. The first-order valence-electron chi connectivity index (χ1n) is 7.02. The second kappa shape index (κ2) is 7.91. The highest BCUT2D eigenvalue weighted by atomic mass is 32.1. The van der Waals surface area contributed by atoms with Gasteiger partial charge in [0.15, 0.2) is 0 Å². The highest BCUT2D eigenvalue weighted by Gasteiger charge is 2.09. The molecule has 6 heteroatoms. The van der Waals surface area contributed by atoms with E-state index in [-0.39, 0.29) is 11.9 Å². The lowest BCUT2D eigenvalue weighted by molar-refractivity contribution is 0.0905. The van der Waals surface area contributed by atoms with Gasteiger partial charge in [-0.3, -0.25) is 4.79 Å². The number of methoxy groups -OCH3 is 1. The molecule has 1 heterocycles. The van der Waals surface area contributed by atoms with Crippen molar-refractivity contribution < 1.29 is 14.3 Å². The van der Waals surface area contributed by atoms with Gasteiger partial charge in [-0.15, -0.1) is 11.3 Å². The van der Waals surface area contributed by atoms with E-state index in [1.54, 1.807) is 42.7 Å². The van der Waals surface area contributed by atoms with Crippen molar-refractivity contribution in [3.8, 4) is 5.75 Å². The van der Waals surface area contributed by atoms with Gasteiger partial charge in [0.1, 0.15) is 12.4 Å². The van der Waals surface area contributed by atoms with E-state index in [1.165, 1.54) is 0 Å². The van der Waals surface area contributed by atoms with Crippen molar-refractivity contribution in [2.24, 2.45) is 0 Å². The van der Waals surface area contributed by atoms with Gasteiger partial charge in [0.25, 0.3) is 5.91 Å². The van der Waals surface area contributed by atoms with Crippen molar-refractivity contribution in [3.05, 3.63) is 45.9 Å². The summed E-state index contributed by atoms with van der Waals surface area (Å²) in [4.78, 5) is 16.3. The molecule has 5 nitrogen and oxygen atoms in total.